The molecule has 1 heterocycles. The summed E-state index contributed by atoms with van der Waals surface area (Å²) in [4.78, 5) is 25.5. The maximum absolute atomic E-state index is 14.0. The number of aryl methyl sites for hydroxylation is 2. The number of carbonyl (C=O) groups is 1. The summed E-state index contributed by atoms with van der Waals surface area (Å²) in [5.74, 6) is -2.92. The predicted octanol–water partition coefficient (Wildman–Crippen LogP) is 7.91. The Labute approximate surface area is 233 Å². The fourth-order valence-electron chi connectivity index (χ4n) is 4.28. The molecule has 208 valence electrons. The zero-order valence-corrected chi connectivity index (χ0v) is 22.0. The molecule has 0 unspecified atom stereocenters. The number of fused-ring (bicyclic) bond motifs is 1. The van der Waals surface area contributed by atoms with Gasteiger partial charge >= 0.3 is 6.18 Å². The maximum atomic E-state index is 14.0. The molecule has 9 heteroatoms. The highest BCUT2D eigenvalue weighted by atomic mass is 19.4. The molecule has 1 aromatic heterocycles. The number of ether oxygens (including phenoxy) is 2. The summed E-state index contributed by atoms with van der Waals surface area (Å²) in [5, 5.41) is 2.59. The fraction of sp³-hybridized carbons (Fsp3) is 0.125. The van der Waals surface area contributed by atoms with Gasteiger partial charge in [0.15, 0.2) is 6.61 Å². The second-order valence-electron chi connectivity index (χ2n) is 9.39. The van der Waals surface area contributed by atoms with Gasteiger partial charge in [-0.05, 0) is 60.9 Å². The second-order valence-corrected chi connectivity index (χ2v) is 9.39. The van der Waals surface area contributed by atoms with Crippen molar-refractivity contribution in [2.24, 2.45) is 0 Å². The highest BCUT2D eigenvalue weighted by Gasteiger charge is 2.40. The van der Waals surface area contributed by atoms with E-state index in [-0.39, 0.29) is 22.5 Å². The van der Waals surface area contributed by atoms with E-state index in [0.29, 0.717) is 5.69 Å². The third-order valence-electron chi connectivity index (χ3n) is 6.29. The molecule has 5 aromatic rings. The molecule has 0 atom stereocenters. The van der Waals surface area contributed by atoms with Gasteiger partial charge in [-0.2, -0.15) is 13.2 Å². The normalized spacial score (nSPS) is 11.3. The van der Waals surface area contributed by atoms with Crippen LogP contribution in [0.5, 0.6) is 17.2 Å². The Kier molecular flexibility index (Phi) is 7.52. The van der Waals surface area contributed by atoms with Gasteiger partial charge in [0.05, 0.1) is 5.39 Å². The van der Waals surface area contributed by atoms with Crippen LogP contribution in [0.2, 0.25) is 0 Å². The van der Waals surface area contributed by atoms with E-state index in [1.165, 1.54) is 24.3 Å². The summed E-state index contributed by atoms with van der Waals surface area (Å²) in [5.41, 5.74) is 2.92. The van der Waals surface area contributed by atoms with Crippen LogP contribution in [-0.4, -0.2) is 12.5 Å². The van der Waals surface area contributed by atoms with E-state index in [1.54, 1.807) is 18.2 Å². The lowest BCUT2D eigenvalue weighted by Gasteiger charge is -2.14. The lowest BCUT2D eigenvalue weighted by Crippen LogP contribution is -2.20. The Hall–Kier alpha value is -5.05. The van der Waals surface area contributed by atoms with Crippen molar-refractivity contribution in [1.29, 1.82) is 0 Å². The van der Waals surface area contributed by atoms with Crippen molar-refractivity contribution in [2.45, 2.75) is 20.0 Å². The van der Waals surface area contributed by atoms with E-state index in [0.717, 1.165) is 28.3 Å². The molecule has 5 rings (SSSR count). The number of hydrogen-bond acceptors (Lipinski definition) is 5. The largest absolute Gasteiger partial charge is 0.484 e. The topological polar surface area (TPSA) is 77.8 Å². The standard InChI is InChI=1S/C32H24F3NO5/c1-19-8-15-26(20(2)16-19)36-28(37)18-39-24-13-14-25-27(17-24)41-31(32(33,34)35)30(29(25)38)40-23-11-9-22(10-12-23)21-6-4-3-5-7-21/h3-17H,18H2,1-2H3,(H,36,37). The van der Waals surface area contributed by atoms with Gasteiger partial charge in [0.25, 0.3) is 11.7 Å². The van der Waals surface area contributed by atoms with Crippen LogP contribution in [0.3, 0.4) is 0 Å². The number of benzene rings is 4. The summed E-state index contributed by atoms with van der Waals surface area (Å²) in [6.07, 6.45) is -5.02. The summed E-state index contributed by atoms with van der Waals surface area (Å²) >= 11 is 0. The lowest BCUT2D eigenvalue weighted by molar-refractivity contribution is -0.154. The van der Waals surface area contributed by atoms with Crippen LogP contribution in [0.4, 0.5) is 18.9 Å². The molecule has 0 radical (unpaired) electrons. The highest BCUT2D eigenvalue weighted by molar-refractivity contribution is 5.92. The fourth-order valence-corrected chi connectivity index (χ4v) is 4.28. The number of carbonyl (C=O) groups excluding carboxylic acids is 1. The number of amides is 1. The van der Waals surface area contributed by atoms with Crippen LogP contribution in [0.15, 0.2) is 100 Å². The first kappa shape index (κ1) is 27.5. The second kappa shape index (κ2) is 11.2. The SMILES string of the molecule is Cc1ccc(NC(=O)COc2ccc3c(=O)c(Oc4ccc(-c5ccccc5)cc4)c(C(F)(F)F)oc3c2)c(C)c1. The first-order valence-corrected chi connectivity index (χ1v) is 12.6. The smallest absolute Gasteiger partial charge is 0.453 e. The zero-order valence-electron chi connectivity index (χ0n) is 22.0. The third kappa shape index (κ3) is 6.24. The van der Waals surface area contributed by atoms with Gasteiger partial charge in [-0.1, -0.05) is 60.2 Å². The number of nitrogens with one attached hydrogen (secondary N) is 1. The molecule has 0 aliphatic carbocycles. The van der Waals surface area contributed by atoms with E-state index in [1.807, 2.05) is 56.3 Å². The Morgan fingerprint density at radius 1 is 0.854 bits per heavy atom. The van der Waals surface area contributed by atoms with E-state index < -0.39 is 35.6 Å². The molecule has 0 aliphatic rings. The van der Waals surface area contributed by atoms with Gasteiger partial charge in [-0.25, -0.2) is 0 Å². The molecule has 6 nitrogen and oxygen atoms in total. The van der Waals surface area contributed by atoms with Crippen molar-refractivity contribution in [3.8, 4) is 28.4 Å². The highest BCUT2D eigenvalue weighted by Crippen LogP contribution is 2.39. The summed E-state index contributed by atoms with van der Waals surface area (Å²) < 4.78 is 57.9. The molecule has 0 aliphatic heterocycles. The number of halogens is 3. The van der Waals surface area contributed by atoms with Crippen LogP contribution in [0, 0.1) is 13.8 Å². The van der Waals surface area contributed by atoms with Crippen LogP contribution in [-0.2, 0) is 11.0 Å². The number of alkyl halides is 3. The van der Waals surface area contributed by atoms with Crippen LogP contribution in [0.1, 0.15) is 16.9 Å². The third-order valence-corrected chi connectivity index (χ3v) is 6.29. The van der Waals surface area contributed by atoms with E-state index >= 15 is 0 Å². The predicted molar refractivity (Wildman–Crippen MR) is 149 cm³/mol. The molecule has 0 saturated carbocycles. The minimum Gasteiger partial charge on any atom is -0.484 e. The Bertz CT molecular complexity index is 1780. The van der Waals surface area contributed by atoms with Gasteiger partial charge in [-0.3, -0.25) is 9.59 Å². The summed E-state index contributed by atoms with van der Waals surface area (Å²) in [7, 11) is 0. The molecule has 0 spiro atoms. The van der Waals surface area contributed by atoms with Gasteiger partial charge in [0.1, 0.15) is 17.1 Å². The molecular weight excluding hydrogens is 535 g/mol. The van der Waals surface area contributed by atoms with Crippen molar-refractivity contribution >= 4 is 22.6 Å². The minimum atomic E-state index is -5.02. The first-order chi connectivity index (χ1) is 19.6. The number of hydrogen-bond donors (Lipinski definition) is 1. The molecule has 1 N–H and O–H groups in total. The Morgan fingerprint density at radius 3 is 2.22 bits per heavy atom. The maximum Gasteiger partial charge on any atom is 0.453 e. The minimum absolute atomic E-state index is 0.0385. The van der Waals surface area contributed by atoms with Gasteiger partial charge in [0.2, 0.25) is 11.2 Å². The Balaban J connectivity index is 1.38. The van der Waals surface area contributed by atoms with Crippen molar-refractivity contribution in [3.05, 3.63) is 118 Å². The van der Waals surface area contributed by atoms with Gasteiger partial charge < -0.3 is 19.2 Å². The average molecular weight is 560 g/mol. The van der Waals surface area contributed by atoms with Crippen molar-refractivity contribution in [1.82, 2.24) is 0 Å². The summed E-state index contributed by atoms with van der Waals surface area (Å²) in [6.45, 7) is 3.38. The quantitative estimate of drug-likeness (QED) is 0.219. The van der Waals surface area contributed by atoms with Crippen molar-refractivity contribution < 1.29 is 31.9 Å². The summed E-state index contributed by atoms with van der Waals surface area (Å²) in [6, 6.07) is 25.0. The number of rotatable bonds is 7. The molecule has 0 bridgehead atoms. The van der Waals surface area contributed by atoms with E-state index in [4.69, 9.17) is 13.9 Å². The average Bonchev–Trinajstić information content (AvgIpc) is 2.95. The first-order valence-electron chi connectivity index (χ1n) is 12.6. The van der Waals surface area contributed by atoms with Crippen LogP contribution in [0.25, 0.3) is 22.1 Å². The van der Waals surface area contributed by atoms with Crippen LogP contribution >= 0.6 is 0 Å². The van der Waals surface area contributed by atoms with Crippen LogP contribution < -0.4 is 20.2 Å². The molecule has 4 aromatic carbocycles. The number of anilines is 1. The van der Waals surface area contributed by atoms with Crippen molar-refractivity contribution in [2.75, 3.05) is 11.9 Å². The lowest BCUT2D eigenvalue weighted by atomic mass is 10.1. The van der Waals surface area contributed by atoms with E-state index in [9.17, 15) is 22.8 Å². The molecule has 41 heavy (non-hydrogen) atoms. The molecule has 0 saturated heterocycles. The van der Waals surface area contributed by atoms with Crippen molar-refractivity contribution in [3.63, 3.8) is 0 Å². The van der Waals surface area contributed by atoms with Gasteiger partial charge in [-0.15, -0.1) is 0 Å². The van der Waals surface area contributed by atoms with Gasteiger partial charge in [0, 0.05) is 11.8 Å². The molecular formula is C32H24F3NO5. The monoisotopic (exact) mass is 559 g/mol. The van der Waals surface area contributed by atoms with E-state index in [2.05, 4.69) is 5.32 Å². The molecule has 0 fully saturated rings. The Morgan fingerprint density at radius 2 is 1.54 bits per heavy atom. The molecule has 1 amide bonds. The zero-order chi connectivity index (χ0) is 29.1.